The number of rotatable bonds is 5. The fraction of sp³-hybridized carbons (Fsp3) is 0.125. The van der Waals surface area contributed by atoms with Crippen molar-refractivity contribution >= 4 is 28.1 Å². The fourth-order valence-electron chi connectivity index (χ4n) is 2.39. The van der Waals surface area contributed by atoms with Crippen molar-refractivity contribution < 1.29 is 23.2 Å². The second kappa shape index (κ2) is 6.75. The summed E-state index contributed by atoms with van der Waals surface area (Å²) in [6.07, 6.45) is 1.21. The van der Waals surface area contributed by atoms with Gasteiger partial charge < -0.3 is 14.8 Å². The van der Waals surface area contributed by atoms with Crippen LogP contribution in [0.25, 0.3) is 10.9 Å². The number of hydrogen-bond acceptors (Lipinski definition) is 7. The van der Waals surface area contributed by atoms with Gasteiger partial charge in [-0.3, -0.25) is 10.1 Å². The van der Waals surface area contributed by atoms with Gasteiger partial charge in [0.2, 0.25) is 0 Å². The zero-order chi connectivity index (χ0) is 18.8. The highest BCUT2D eigenvalue weighted by atomic mass is 19.1. The quantitative estimate of drug-likeness (QED) is 0.547. The summed E-state index contributed by atoms with van der Waals surface area (Å²) in [6, 6.07) is 4.39. The Kier molecular flexibility index (Phi) is 4.48. The van der Waals surface area contributed by atoms with Crippen molar-refractivity contribution in [3.63, 3.8) is 0 Å². The molecule has 1 aromatic heterocycles. The van der Waals surface area contributed by atoms with Crippen molar-refractivity contribution in [3.8, 4) is 11.5 Å². The predicted molar refractivity (Wildman–Crippen MR) is 88.9 cm³/mol. The average Bonchev–Trinajstić information content (AvgIpc) is 2.63. The number of nitro benzene ring substituents is 1. The van der Waals surface area contributed by atoms with Crippen molar-refractivity contribution in [2.24, 2.45) is 0 Å². The number of fused-ring (bicyclic) bond motifs is 1. The van der Waals surface area contributed by atoms with E-state index in [0.717, 1.165) is 0 Å². The predicted octanol–water partition coefficient (Wildman–Crippen LogP) is 3.58. The summed E-state index contributed by atoms with van der Waals surface area (Å²) in [4.78, 5) is 17.9. The summed E-state index contributed by atoms with van der Waals surface area (Å²) < 4.78 is 38.6. The maximum Gasteiger partial charge on any atom is 0.275 e. The largest absolute Gasteiger partial charge is 0.493 e. The van der Waals surface area contributed by atoms with Crippen molar-refractivity contribution in [1.82, 2.24) is 9.97 Å². The number of hydrogen-bond donors (Lipinski definition) is 1. The smallest absolute Gasteiger partial charge is 0.275 e. The average molecular weight is 362 g/mol. The number of nitrogens with zero attached hydrogens (tertiary/aromatic N) is 3. The summed E-state index contributed by atoms with van der Waals surface area (Å²) in [5, 5.41) is 13.6. The number of aromatic nitrogens is 2. The molecule has 0 aliphatic heterocycles. The molecule has 0 aliphatic carbocycles. The Balaban J connectivity index is 2.11. The molecular weight excluding hydrogens is 350 g/mol. The summed E-state index contributed by atoms with van der Waals surface area (Å²) in [6.45, 7) is 0. The van der Waals surface area contributed by atoms with Crippen LogP contribution in [0.2, 0.25) is 0 Å². The van der Waals surface area contributed by atoms with Crippen LogP contribution in [-0.4, -0.2) is 29.1 Å². The number of nitro groups is 1. The minimum Gasteiger partial charge on any atom is -0.493 e. The Morgan fingerprint density at radius 3 is 2.23 bits per heavy atom. The third kappa shape index (κ3) is 3.04. The van der Waals surface area contributed by atoms with E-state index in [2.05, 4.69) is 15.3 Å². The van der Waals surface area contributed by atoms with Gasteiger partial charge in [-0.15, -0.1) is 0 Å². The molecular formula is C16H12F2N4O4. The van der Waals surface area contributed by atoms with E-state index in [1.54, 1.807) is 12.1 Å². The third-order valence-electron chi connectivity index (χ3n) is 3.62. The molecule has 26 heavy (non-hydrogen) atoms. The molecule has 0 bridgehead atoms. The Morgan fingerprint density at radius 1 is 1.04 bits per heavy atom. The highest BCUT2D eigenvalue weighted by molar-refractivity contribution is 5.93. The first-order valence-electron chi connectivity index (χ1n) is 7.21. The van der Waals surface area contributed by atoms with Gasteiger partial charge in [0, 0.05) is 11.5 Å². The van der Waals surface area contributed by atoms with Crippen LogP contribution < -0.4 is 14.8 Å². The Morgan fingerprint density at radius 2 is 1.65 bits per heavy atom. The van der Waals surface area contributed by atoms with Crippen molar-refractivity contribution in [2.45, 2.75) is 0 Å². The highest BCUT2D eigenvalue weighted by Crippen LogP contribution is 2.35. The van der Waals surface area contributed by atoms with Gasteiger partial charge in [-0.05, 0) is 6.07 Å². The molecule has 0 aliphatic rings. The first kappa shape index (κ1) is 17.3. The Bertz CT molecular complexity index is 990. The second-order valence-corrected chi connectivity index (χ2v) is 5.11. The van der Waals surface area contributed by atoms with E-state index in [-0.39, 0.29) is 5.82 Å². The maximum atomic E-state index is 14.1. The molecule has 0 radical (unpaired) electrons. The van der Waals surface area contributed by atoms with E-state index in [0.29, 0.717) is 34.5 Å². The minimum absolute atomic E-state index is 0.0996. The number of non-ortho nitro benzene ring substituents is 1. The van der Waals surface area contributed by atoms with Crippen LogP contribution >= 0.6 is 0 Å². The van der Waals surface area contributed by atoms with E-state index in [9.17, 15) is 18.9 Å². The van der Waals surface area contributed by atoms with E-state index in [4.69, 9.17) is 9.47 Å². The lowest BCUT2D eigenvalue weighted by atomic mass is 10.2. The lowest BCUT2D eigenvalue weighted by Gasteiger charge is -2.12. The highest BCUT2D eigenvalue weighted by Gasteiger charge is 2.19. The molecule has 0 amide bonds. The Labute approximate surface area is 145 Å². The van der Waals surface area contributed by atoms with Gasteiger partial charge in [-0.1, -0.05) is 0 Å². The van der Waals surface area contributed by atoms with E-state index < -0.39 is 27.9 Å². The van der Waals surface area contributed by atoms with Gasteiger partial charge in [0.05, 0.1) is 36.8 Å². The van der Waals surface area contributed by atoms with Gasteiger partial charge in [0.15, 0.2) is 23.1 Å². The molecule has 0 saturated carbocycles. The molecule has 0 atom stereocenters. The van der Waals surface area contributed by atoms with Crippen LogP contribution in [-0.2, 0) is 0 Å². The lowest BCUT2D eigenvalue weighted by molar-refractivity contribution is -0.385. The van der Waals surface area contributed by atoms with Crippen LogP contribution in [0, 0.1) is 21.7 Å². The van der Waals surface area contributed by atoms with Gasteiger partial charge in [-0.2, -0.15) is 0 Å². The molecule has 0 saturated heterocycles. The number of halogens is 2. The standard InChI is InChI=1S/C16H12F2N4O4/c1-25-13-5-9-12(6-14(13)26-2)19-7-20-16(9)21-15-10(17)3-8(22(23)24)4-11(15)18/h3-7H,1-2H3,(H,19,20,21). The number of anilines is 2. The molecule has 0 fully saturated rings. The summed E-state index contributed by atoms with van der Waals surface area (Å²) in [5.41, 5.74) is -0.808. The summed E-state index contributed by atoms with van der Waals surface area (Å²) >= 11 is 0. The first-order valence-corrected chi connectivity index (χ1v) is 7.21. The summed E-state index contributed by atoms with van der Waals surface area (Å²) in [7, 11) is 2.90. The topological polar surface area (TPSA) is 99.4 Å². The number of benzene rings is 2. The van der Waals surface area contributed by atoms with Gasteiger partial charge in [0.1, 0.15) is 17.8 Å². The van der Waals surface area contributed by atoms with Crippen LogP contribution in [0.4, 0.5) is 26.0 Å². The summed E-state index contributed by atoms with van der Waals surface area (Å²) in [5.74, 6) is -1.34. The second-order valence-electron chi connectivity index (χ2n) is 5.11. The van der Waals surface area contributed by atoms with Gasteiger partial charge in [0.25, 0.3) is 5.69 Å². The normalized spacial score (nSPS) is 10.6. The van der Waals surface area contributed by atoms with Crippen LogP contribution in [0.1, 0.15) is 0 Å². The monoisotopic (exact) mass is 362 g/mol. The van der Waals surface area contributed by atoms with Crippen LogP contribution in [0.3, 0.4) is 0 Å². The maximum absolute atomic E-state index is 14.1. The number of methoxy groups -OCH3 is 2. The van der Waals surface area contributed by atoms with Crippen LogP contribution in [0.5, 0.6) is 11.5 Å². The first-order chi connectivity index (χ1) is 12.4. The molecule has 0 spiro atoms. The molecule has 8 nitrogen and oxygen atoms in total. The van der Waals surface area contributed by atoms with E-state index in [1.165, 1.54) is 20.5 Å². The number of ether oxygens (including phenoxy) is 2. The number of nitrogens with one attached hydrogen (secondary N) is 1. The molecule has 10 heteroatoms. The SMILES string of the molecule is COc1cc2ncnc(Nc3c(F)cc([N+](=O)[O-])cc3F)c2cc1OC. The zero-order valence-corrected chi connectivity index (χ0v) is 13.6. The third-order valence-corrected chi connectivity index (χ3v) is 3.62. The molecule has 1 N–H and O–H groups in total. The zero-order valence-electron chi connectivity index (χ0n) is 13.6. The molecule has 0 unspecified atom stereocenters. The molecule has 1 heterocycles. The Hall–Kier alpha value is -3.56. The van der Waals surface area contributed by atoms with Crippen molar-refractivity contribution in [2.75, 3.05) is 19.5 Å². The molecule has 3 rings (SSSR count). The lowest BCUT2D eigenvalue weighted by Crippen LogP contribution is -2.03. The van der Waals surface area contributed by atoms with Crippen LogP contribution in [0.15, 0.2) is 30.6 Å². The minimum atomic E-state index is -1.12. The van der Waals surface area contributed by atoms with Crippen molar-refractivity contribution in [1.29, 1.82) is 0 Å². The molecule has 3 aromatic rings. The molecule has 134 valence electrons. The van der Waals surface area contributed by atoms with Crippen molar-refractivity contribution in [3.05, 3.63) is 52.3 Å². The molecule has 2 aromatic carbocycles. The fourth-order valence-corrected chi connectivity index (χ4v) is 2.39. The van der Waals surface area contributed by atoms with E-state index in [1.807, 2.05) is 0 Å². The van der Waals surface area contributed by atoms with Gasteiger partial charge in [-0.25, -0.2) is 18.7 Å². The van der Waals surface area contributed by atoms with Gasteiger partial charge >= 0.3 is 0 Å². The van der Waals surface area contributed by atoms with E-state index >= 15 is 0 Å².